The molecular weight excluding hydrogens is 516 g/mol. The average molecular weight is 549 g/mol. The van der Waals surface area contributed by atoms with E-state index in [0.717, 1.165) is 22.4 Å². The van der Waals surface area contributed by atoms with E-state index in [9.17, 15) is 14.4 Å². The number of hydrogen-bond acceptors (Lipinski definition) is 7. The van der Waals surface area contributed by atoms with Gasteiger partial charge in [-0.05, 0) is 34.7 Å². The van der Waals surface area contributed by atoms with Gasteiger partial charge >= 0.3 is 12.1 Å². The highest BCUT2D eigenvalue weighted by molar-refractivity contribution is 5.88. The lowest BCUT2D eigenvalue weighted by Crippen LogP contribution is -2.52. The molecular formula is C29H32N4O7. The summed E-state index contributed by atoms with van der Waals surface area (Å²) in [5.74, 6) is -1.74. The summed E-state index contributed by atoms with van der Waals surface area (Å²) in [5, 5.41) is 11.8. The zero-order valence-corrected chi connectivity index (χ0v) is 22.5. The molecule has 1 spiro atoms. The number of carboxylic acid groups (broad SMARTS) is 1. The number of alkyl carbamates (subject to hydrolysis) is 1. The van der Waals surface area contributed by atoms with Gasteiger partial charge in [-0.1, -0.05) is 50.2 Å². The number of rotatable bonds is 7. The molecule has 2 saturated heterocycles. The Hall–Kier alpha value is -4.22. The SMILES string of the molecule is COC(=O)N[C@H](C(=O)N1CC2(C[C@H]1c1ncc(-c3ccc(-c4ccc(C(=O)O)cc4)cc3)[nH]1)OCCO2)C(C)C. The Morgan fingerprint density at radius 1 is 1.05 bits per heavy atom. The summed E-state index contributed by atoms with van der Waals surface area (Å²) in [6.07, 6.45) is 1.45. The molecule has 2 aliphatic rings. The van der Waals surface area contributed by atoms with Crippen molar-refractivity contribution in [2.24, 2.45) is 5.92 Å². The van der Waals surface area contributed by atoms with Crippen molar-refractivity contribution in [2.45, 2.75) is 38.1 Å². The molecule has 5 rings (SSSR count). The number of aromatic nitrogens is 2. The summed E-state index contributed by atoms with van der Waals surface area (Å²) >= 11 is 0. The second kappa shape index (κ2) is 11.1. The molecule has 40 heavy (non-hydrogen) atoms. The van der Waals surface area contributed by atoms with Gasteiger partial charge in [-0.25, -0.2) is 14.6 Å². The van der Waals surface area contributed by atoms with Crippen LogP contribution in [0, 0.1) is 5.92 Å². The Morgan fingerprint density at radius 3 is 2.23 bits per heavy atom. The molecule has 2 atom stereocenters. The number of ether oxygens (including phenoxy) is 3. The number of aromatic carboxylic acids is 1. The Kier molecular flexibility index (Phi) is 7.59. The number of imidazole rings is 1. The topological polar surface area (TPSA) is 143 Å². The molecule has 11 nitrogen and oxygen atoms in total. The van der Waals surface area contributed by atoms with Crippen molar-refractivity contribution in [3.05, 3.63) is 66.1 Å². The molecule has 2 aliphatic heterocycles. The van der Waals surface area contributed by atoms with Gasteiger partial charge in [0.15, 0.2) is 5.79 Å². The number of carbonyl (C=O) groups excluding carboxylic acids is 2. The summed E-state index contributed by atoms with van der Waals surface area (Å²) in [4.78, 5) is 46.5. The van der Waals surface area contributed by atoms with Gasteiger partial charge in [0, 0.05) is 6.42 Å². The molecule has 0 aliphatic carbocycles. The van der Waals surface area contributed by atoms with E-state index in [0.29, 0.717) is 25.5 Å². The molecule has 11 heteroatoms. The van der Waals surface area contributed by atoms with Gasteiger partial charge in [0.05, 0.1) is 50.4 Å². The van der Waals surface area contributed by atoms with Gasteiger partial charge in [-0.3, -0.25) is 4.79 Å². The van der Waals surface area contributed by atoms with Crippen molar-refractivity contribution in [3.8, 4) is 22.4 Å². The van der Waals surface area contributed by atoms with Gasteiger partial charge in [-0.2, -0.15) is 0 Å². The molecule has 0 radical (unpaired) electrons. The number of amides is 2. The summed E-state index contributed by atoms with van der Waals surface area (Å²) in [7, 11) is 1.26. The van der Waals surface area contributed by atoms with Crippen LogP contribution in [0.4, 0.5) is 4.79 Å². The number of hydrogen-bond donors (Lipinski definition) is 3. The number of H-pyrrole nitrogens is 1. The first-order valence-corrected chi connectivity index (χ1v) is 13.1. The van der Waals surface area contributed by atoms with Crippen molar-refractivity contribution in [3.63, 3.8) is 0 Å². The van der Waals surface area contributed by atoms with Crippen molar-refractivity contribution >= 4 is 18.0 Å². The quantitative estimate of drug-likeness (QED) is 0.404. The molecule has 3 heterocycles. The fourth-order valence-electron chi connectivity index (χ4n) is 5.20. The van der Waals surface area contributed by atoms with Crippen molar-refractivity contribution in [1.29, 1.82) is 0 Å². The number of nitrogens with one attached hydrogen (secondary N) is 2. The third kappa shape index (κ3) is 5.43. The number of likely N-dealkylation sites (tertiary alicyclic amines) is 1. The molecule has 0 saturated carbocycles. The lowest BCUT2D eigenvalue weighted by molar-refractivity contribution is -0.153. The minimum Gasteiger partial charge on any atom is -0.478 e. The fourth-order valence-corrected chi connectivity index (χ4v) is 5.20. The van der Waals surface area contributed by atoms with Gasteiger partial charge in [-0.15, -0.1) is 0 Å². The molecule has 1 aromatic heterocycles. The molecule has 2 aromatic carbocycles. The highest BCUT2D eigenvalue weighted by Gasteiger charge is 2.52. The van der Waals surface area contributed by atoms with Gasteiger partial charge in [0.1, 0.15) is 11.9 Å². The maximum atomic E-state index is 13.7. The minimum absolute atomic E-state index is 0.180. The lowest BCUT2D eigenvalue weighted by Gasteiger charge is -2.30. The fraction of sp³-hybridized carbons (Fsp3) is 0.379. The van der Waals surface area contributed by atoms with Crippen LogP contribution in [-0.4, -0.2) is 76.6 Å². The van der Waals surface area contributed by atoms with Crippen LogP contribution in [0.1, 0.15) is 42.5 Å². The van der Waals surface area contributed by atoms with Crippen molar-refractivity contribution in [1.82, 2.24) is 20.2 Å². The number of benzene rings is 2. The summed E-state index contributed by atoms with van der Waals surface area (Å²) in [6.45, 7) is 4.82. The number of carbonyl (C=O) groups is 3. The van der Waals surface area contributed by atoms with Gasteiger partial charge in [0.2, 0.25) is 5.91 Å². The predicted octanol–water partition coefficient (Wildman–Crippen LogP) is 3.84. The number of methoxy groups -OCH3 is 1. The smallest absolute Gasteiger partial charge is 0.407 e. The maximum Gasteiger partial charge on any atom is 0.407 e. The first-order valence-electron chi connectivity index (χ1n) is 13.1. The van der Waals surface area contributed by atoms with Crippen LogP contribution in [0.25, 0.3) is 22.4 Å². The van der Waals surface area contributed by atoms with E-state index in [2.05, 4.69) is 15.3 Å². The third-order valence-electron chi connectivity index (χ3n) is 7.35. The zero-order chi connectivity index (χ0) is 28.4. The van der Waals surface area contributed by atoms with Crippen LogP contribution in [0.3, 0.4) is 0 Å². The van der Waals surface area contributed by atoms with E-state index < -0.39 is 29.9 Å². The van der Waals surface area contributed by atoms with E-state index >= 15 is 0 Å². The van der Waals surface area contributed by atoms with Crippen molar-refractivity contribution < 1.29 is 33.7 Å². The average Bonchev–Trinajstić information content (AvgIpc) is 3.72. The van der Waals surface area contributed by atoms with E-state index in [-0.39, 0.29) is 23.9 Å². The van der Waals surface area contributed by atoms with E-state index in [1.165, 1.54) is 7.11 Å². The lowest BCUT2D eigenvalue weighted by atomic mass is 10.0. The van der Waals surface area contributed by atoms with E-state index in [1.807, 2.05) is 38.1 Å². The predicted molar refractivity (Wildman–Crippen MR) is 144 cm³/mol. The summed E-state index contributed by atoms with van der Waals surface area (Å²) in [5.41, 5.74) is 3.77. The first-order chi connectivity index (χ1) is 19.2. The zero-order valence-electron chi connectivity index (χ0n) is 22.5. The monoisotopic (exact) mass is 548 g/mol. The largest absolute Gasteiger partial charge is 0.478 e. The van der Waals surface area contributed by atoms with Crippen LogP contribution >= 0.6 is 0 Å². The normalized spacial score (nSPS) is 18.7. The number of nitrogens with zero attached hydrogens (tertiary/aromatic N) is 2. The molecule has 0 bridgehead atoms. The second-order valence-electron chi connectivity index (χ2n) is 10.3. The minimum atomic E-state index is -0.962. The standard InChI is InChI=1S/C29H32N4O7/c1-17(2)24(32-28(37)38-3)26(34)33-16-29(39-12-13-40-29)14-23(33)25-30-15-22(31-25)20-8-4-18(5-9-20)19-6-10-21(11-7-19)27(35)36/h4-11,15,17,23-24H,12-14,16H2,1-3H3,(H,30,31)(H,32,37)(H,35,36)/t23-,24-/m0/s1. The highest BCUT2D eigenvalue weighted by Crippen LogP contribution is 2.42. The van der Waals surface area contributed by atoms with Crippen LogP contribution in [0.15, 0.2) is 54.7 Å². The van der Waals surface area contributed by atoms with Crippen molar-refractivity contribution in [2.75, 3.05) is 26.9 Å². The number of carboxylic acids is 1. The van der Waals surface area contributed by atoms with Crippen LogP contribution in [-0.2, 0) is 19.0 Å². The van der Waals surface area contributed by atoms with Crippen LogP contribution < -0.4 is 5.32 Å². The molecule has 210 valence electrons. The Labute approximate surface area is 231 Å². The third-order valence-corrected chi connectivity index (χ3v) is 7.35. The van der Waals surface area contributed by atoms with Crippen LogP contribution in [0.2, 0.25) is 0 Å². The molecule has 2 amide bonds. The Balaban J connectivity index is 1.38. The highest BCUT2D eigenvalue weighted by atomic mass is 16.7. The van der Waals surface area contributed by atoms with Gasteiger partial charge in [0.25, 0.3) is 0 Å². The maximum absolute atomic E-state index is 13.7. The van der Waals surface area contributed by atoms with Gasteiger partial charge < -0.3 is 34.5 Å². The molecule has 3 N–H and O–H groups in total. The Bertz CT molecular complexity index is 1380. The summed E-state index contributed by atoms with van der Waals surface area (Å²) < 4.78 is 16.6. The van der Waals surface area contributed by atoms with E-state index in [1.54, 1.807) is 35.4 Å². The first kappa shape index (κ1) is 27.4. The molecule has 2 fully saturated rings. The van der Waals surface area contributed by atoms with Crippen LogP contribution in [0.5, 0.6) is 0 Å². The Morgan fingerprint density at radius 2 is 1.65 bits per heavy atom. The summed E-state index contributed by atoms with van der Waals surface area (Å²) in [6, 6.07) is 13.3. The second-order valence-corrected chi connectivity index (χ2v) is 10.3. The molecule has 3 aromatic rings. The number of aromatic amines is 1. The van der Waals surface area contributed by atoms with E-state index in [4.69, 9.17) is 19.3 Å². The molecule has 0 unspecified atom stereocenters.